The van der Waals surface area contributed by atoms with Gasteiger partial charge >= 0.3 is 0 Å². The molecule has 0 aliphatic heterocycles. The van der Waals surface area contributed by atoms with Crippen LogP contribution >= 0.6 is 12.2 Å². The zero-order valence-electron chi connectivity index (χ0n) is 10.8. The van der Waals surface area contributed by atoms with Gasteiger partial charge in [0.1, 0.15) is 0 Å². The molecule has 1 aromatic heterocycles. The van der Waals surface area contributed by atoms with Crippen LogP contribution in [0.1, 0.15) is 49.5 Å². The number of hydrogen-bond acceptors (Lipinski definition) is 3. The van der Waals surface area contributed by atoms with Crippen molar-refractivity contribution in [2.45, 2.75) is 38.0 Å². The maximum atomic E-state index is 5.60. The van der Waals surface area contributed by atoms with E-state index >= 15 is 0 Å². The zero-order chi connectivity index (χ0) is 13.1. The topological polar surface area (TPSA) is 41.8 Å². The monoisotopic (exact) mass is 274 g/mol. The fourth-order valence-electron chi connectivity index (χ4n) is 3.12. The van der Waals surface area contributed by atoms with E-state index in [1.165, 1.54) is 37.7 Å². The second-order valence-corrected chi connectivity index (χ2v) is 5.61. The summed E-state index contributed by atoms with van der Waals surface area (Å²) in [6.07, 6.45) is 6.45. The van der Waals surface area contributed by atoms with Crippen LogP contribution in [0.25, 0.3) is 0 Å². The molecule has 19 heavy (non-hydrogen) atoms. The van der Waals surface area contributed by atoms with Gasteiger partial charge in [0.2, 0.25) is 5.89 Å². The molecule has 0 amide bonds. The van der Waals surface area contributed by atoms with Crippen molar-refractivity contribution in [3.8, 4) is 0 Å². The number of rotatable bonds is 3. The van der Waals surface area contributed by atoms with Gasteiger partial charge in [-0.2, -0.15) is 0 Å². The molecule has 1 atom stereocenters. The van der Waals surface area contributed by atoms with Gasteiger partial charge in [-0.15, -0.1) is 5.10 Å². The maximum Gasteiger partial charge on any atom is 0.284 e. The Bertz CT molecular complexity index is 569. The molecule has 1 aromatic carbocycles. The molecule has 3 rings (SSSR count). The van der Waals surface area contributed by atoms with Crippen molar-refractivity contribution in [3.63, 3.8) is 0 Å². The first-order chi connectivity index (χ1) is 9.34. The van der Waals surface area contributed by atoms with Crippen molar-refractivity contribution in [2.75, 3.05) is 0 Å². The van der Waals surface area contributed by atoms with Gasteiger partial charge in [-0.3, -0.25) is 0 Å². The predicted octanol–water partition coefficient (Wildman–Crippen LogP) is 4.44. The van der Waals surface area contributed by atoms with Crippen molar-refractivity contribution in [1.82, 2.24) is 10.2 Å². The highest BCUT2D eigenvalue weighted by molar-refractivity contribution is 7.71. The number of aromatic nitrogens is 2. The van der Waals surface area contributed by atoms with E-state index in [4.69, 9.17) is 16.6 Å². The number of nitrogens with one attached hydrogen (secondary N) is 1. The van der Waals surface area contributed by atoms with Gasteiger partial charge in [0.15, 0.2) is 0 Å². The number of benzene rings is 1. The lowest BCUT2D eigenvalue weighted by molar-refractivity contribution is 0.294. The van der Waals surface area contributed by atoms with Crippen LogP contribution in [-0.2, 0) is 0 Å². The van der Waals surface area contributed by atoms with Gasteiger partial charge in [0.25, 0.3) is 4.84 Å². The Balaban J connectivity index is 1.97. The Kier molecular flexibility index (Phi) is 3.78. The summed E-state index contributed by atoms with van der Waals surface area (Å²) in [4.78, 5) is 0.367. The molecule has 2 aromatic rings. The van der Waals surface area contributed by atoms with Crippen molar-refractivity contribution >= 4 is 12.2 Å². The summed E-state index contributed by atoms with van der Waals surface area (Å²) in [5.41, 5.74) is 1.28. The minimum Gasteiger partial charge on any atom is -0.413 e. The molecule has 0 unspecified atom stereocenters. The van der Waals surface area contributed by atoms with Crippen LogP contribution in [0.4, 0.5) is 0 Å². The van der Waals surface area contributed by atoms with Crippen molar-refractivity contribution in [1.29, 1.82) is 0 Å². The zero-order valence-corrected chi connectivity index (χ0v) is 11.7. The van der Waals surface area contributed by atoms with Gasteiger partial charge in [0.05, 0.1) is 5.92 Å². The minimum atomic E-state index is 0.231. The Hall–Kier alpha value is -1.42. The molecule has 1 aliphatic carbocycles. The van der Waals surface area contributed by atoms with Crippen molar-refractivity contribution in [3.05, 3.63) is 46.6 Å². The molecule has 0 bridgehead atoms. The highest BCUT2D eigenvalue weighted by Crippen LogP contribution is 2.39. The molecular weight excluding hydrogens is 256 g/mol. The second kappa shape index (κ2) is 5.70. The highest BCUT2D eigenvalue weighted by Gasteiger charge is 2.30. The first-order valence-electron chi connectivity index (χ1n) is 6.95. The Labute approximate surface area is 118 Å². The molecule has 0 saturated heterocycles. The molecule has 4 heteroatoms. The van der Waals surface area contributed by atoms with Crippen LogP contribution in [-0.4, -0.2) is 10.2 Å². The van der Waals surface area contributed by atoms with Crippen LogP contribution in [0.15, 0.2) is 34.7 Å². The molecule has 1 N–H and O–H groups in total. The maximum absolute atomic E-state index is 5.60. The van der Waals surface area contributed by atoms with Crippen molar-refractivity contribution in [2.24, 2.45) is 5.92 Å². The second-order valence-electron chi connectivity index (χ2n) is 5.24. The van der Waals surface area contributed by atoms with Crippen molar-refractivity contribution < 1.29 is 4.42 Å². The minimum absolute atomic E-state index is 0.231. The lowest BCUT2D eigenvalue weighted by Gasteiger charge is -2.28. The van der Waals surface area contributed by atoms with E-state index in [1.807, 2.05) is 6.07 Å². The summed E-state index contributed by atoms with van der Waals surface area (Å²) in [5, 5.41) is 7.03. The molecule has 1 aliphatic rings. The van der Waals surface area contributed by atoms with E-state index in [0.29, 0.717) is 10.8 Å². The van der Waals surface area contributed by atoms with E-state index in [0.717, 1.165) is 5.89 Å². The molecule has 1 saturated carbocycles. The van der Waals surface area contributed by atoms with Crippen LogP contribution < -0.4 is 0 Å². The Morgan fingerprint density at radius 3 is 2.53 bits per heavy atom. The van der Waals surface area contributed by atoms with E-state index in [2.05, 4.69) is 34.5 Å². The lowest BCUT2D eigenvalue weighted by atomic mass is 9.77. The van der Waals surface area contributed by atoms with Gasteiger partial charge < -0.3 is 4.42 Å². The first-order valence-corrected chi connectivity index (χ1v) is 7.36. The summed E-state index contributed by atoms with van der Waals surface area (Å²) < 4.78 is 5.60. The highest BCUT2D eigenvalue weighted by atomic mass is 32.1. The summed E-state index contributed by atoms with van der Waals surface area (Å²) in [5.74, 6) is 1.58. The summed E-state index contributed by atoms with van der Waals surface area (Å²) in [6, 6.07) is 10.5. The van der Waals surface area contributed by atoms with E-state index in [1.54, 1.807) is 0 Å². The molecule has 0 radical (unpaired) electrons. The van der Waals surface area contributed by atoms with Gasteiger partial charge in [0, 0.05) is 0 Å². The summed E-state index contributed by atoms with van der Waals surface area (Å²) >= 11 is 5.02. The quantitative estimate of drug-likeness (QED) is 0.841. The third kappa shape index (κ3) is 2.78. The van der Waals surface area contributed by atoms with E-state index < -0.39 is 0 Å². The molecule has 0 spiro atoms. The fraction of sp³-hybridized carbons (Fsp3) is 0.467. The molecule has 1 heterocycles. The Morgan fingerprint density at radius 1 is 1.16 bits per heavy atom. The number of H-pyrrole nitrogens is 1. The third-order valence-corrected chi connectivity index (χ3v) is 4.18. The normalized spacial score (nSPS) is 18.3. The number of aromatic amines is 1. The fourth-order valence-corrected chi connectivity index (χ4v) is 3.25. The third-order valence-electron chi connectivity index (χ3n) is 4.00. The standard InChI is InChI=1S/C15H18N2OS/c19-15-17-16-14(18-15)13(11-7-3-1-4-8-11)12-9-5-2-6-10-12/h1,3-4,7-8,12-13H,2,5-6,9-10H2,(H,17,19)/t13-/m0/s1. The summed E-state index contributed by atoms with van der Waals surface area (Å²) in [6.45, 7) is 0. The molecular formula is C15H18N2OS. The van der Waals surface area contributed by atoms with Gasteiger partial charge in [-0.05, 0) is 36.5 Å². The number of hydrogen-bond donors (Lipinski definition) is 1. The lowest BCUT2D eigenvalue weighted by Crippen LogP contribution is -2.18. The molecule has 1 fully saturated rings. The largest absolute Gasteiger partial charge is 0.413 e. The molecule has 3 nitrogen and oxygen atoms in total. The smallest absolute Gasteiger partial charge is 0.284 e. The van der Waals surface area contributed by atoms with Crippen LogP contribution in [0.5, 0.6) is 0 Å². The average Bonchev–Trinajstić information content (AvgIpc) is 2.88. The molecule has 100 valence electrons. The first kappa shape index (κ1) is 12.6. The summed E-state index contributed by atoms with van der Waals surface area (Å²) in [7, 11) is 0. The van der Waals surface area contributed by atoms with E-state index in [-0.39, 0.29) is 5.92 Å². The Morgan fingerprint density at radius 2 is 1.89 bits per heavy atom. The predicted molar refractivity (Wildman–Crippen MR) is 76.5 cm³/mol. The average molecular weight is 274 g/mol. The number of nitrogens with zero attached hydrogens (tertiary/aromatic N) is 1. The van der Waals surface area contributed by atoms with E-state index in [9.17, 15) is 0 Å². The van der Waals surface area contributed by atoms with Crippen LogP contribution in [0.3, 0.4) is 0 Å². The van der Waals surface area contributed by atoms with Gasteiger partial charge in [-0.1, -0.05) is 49.6 Å². The van der Waals surface area contributed by atoms with Gasteiger partial charge in [-0.25, -0.2) is 5.10 Å². The van der Waals surface area contributed by atoms with Crippen LogP contribution in [0, 0.1) is 10.8 Å². The SMILES string of the molecule is S=c1[nH]nc([C@@H](c2ccccc2)C2CCCCC2)o1. The van der Waals surface area contributed by atoms with Crippen LogP contribution in [0.2, 0.25) is 0 Å².